The molecule has 206 valence electrons. The zero-order valence-corrected chi connectivity index (χ0v) is 21.8. The Balaban J connectivity index is 1.17. The smallest absolute Gasteiger partial charge is 0.319 e. The molecule has 2 aliphatic rings. The number of aromatic nitrogens is 1. The van der Waals surface area contributed by atoms with Crippen molar-refractivity contribution in [1.29, 1.82) is 0 Å². The number of halogens is 1. The SMILES string of the molecule is C[C@H](NC(=O)Nc1ccc(Oc2ccnc3cc(OC4CCOC4)c4c(c23)OCCO4)cc1)c1ccc(F)cc1. The van der Waals surface area contributed by atoms with Gasteiger partial charge >= 0.3 is 6.03 Å². The summed E-state index contributed by atoms with van der Waals surface area (Å²) in [5.41, 5.74) is 2.04. The van der Waals surface area contributed by atoms with Crippen molar-refractivity contribution in [2.24, 2.45) is 0 Å². The molecule has 1 aromatic heterocycles. The third-order valence-corrected chi connectivity index (χ3v) is 6.68. The molecule has 1 unspecified atom stereocenters. The molecule has 4 aromatic rings. The Kier molecular flexibility index (Phi) is 7.24. The summed E-state index contributed by atoms with van der Waals surface area (Å²) in [6, 6.07) is 15.9. The van der Waals surface area contributed by atoms with Gasteiger partial charge in [0.25, 0.3) is 0 Å². The molecule has 9 nitrogen and oxygen atoms in total. The Morgan fingerprint density at radius 2 is 1.77 bits per heavy atom. The first-order valence-corrected chi connectivity index (χ1v) is 13.1. The number of carbonyl (C=O) groups is 1. The summed E-state index contributed by atoms with van der Waals surface area (Å²) in [6.07, 6.45) is 2.43. The van der Waals surface area contributed by atoms with Crippen LogP contribution in [0.25, 0.3) is 10.9 Å². The molecule has 2 atom stereocenters. The number of amides is 2. The van der Waals surface area contributed by atoms with Gasteiger partial charge < -0.3 is 34.3 Å². The van der Waals surface area contributed by atoms with E-state index in [1.807, 2.05) is 13.0 Å². The number of ether oxygens (including phenoxy) is 5. The predicted octanol–water partition coefficient (Wildman–Crippen LogP) is 5.99. The van der Waals surface area contributed by atoms with Crippen LogP contribution in [0.2, 0.25) is 0 Å². The second-order valence-electron chi connectivity index (χ2n) is 9.53. The van der Waals surface area contributed by atoms with Crippen molar-refractivity contribution in [2.75, 3.05) is 31.7 Å². The minimum Gasteiger partial charge on any atom is -0.485 e. The lowest BCUT2D eigenvalue weighted by Crippen LogP contribution is -2.31. The van der Waals surface area contributed by atoms with Crippen molar-refractivity contribution >= 4 is 22.6 Å². The highest BCUT2D eigenvalue weighted by atomic mass is 19.1. The van der Waals surface area contributed by atoms with E-state index < -0.39 is 0 Å². The van der Waals surface area contributed by atoms with E-state index in [-0.39, 0.29) is 24.0 Å². The van der Waals surface area contributed by atoms with E-state index in [0.717, 1.165) is 12.0 Å². The largest absolute Gasteiger partial charge is 0.485 e. The quantitative estimate of drug-likeness (QED) is 0.294. The number of hydrogen-bond acceptors (Lipinski definition) is 7. The van der Waals surface area contributed by atoms with E-state index in [4.69, 9.17) is 23.7 Å². The van der Waals surface area contributed by atoms with Gasteiger partial charge in [-0.3, -0.25) is 4.98 Å². The summed E-state index contributed by atoms with van der Waals surface area (Å²) < 4.78 is 43.0. The van der Waals surface area contributed by atoms with E-state index in [1.54, 1.807) is 48.7 Å². The lowest BCUT2D eigenvalue weighted by molar-refractivity contribution is 0.128. The zero-order valence-electron chi connectivity index (χ0n) is 21.8. The number of hydrogen-bond donors (Lipinski definition) is 2. The molecule has 2 aliphatic heterocycles. The summed E-state index contributed by atoms with van der Waals surface area (Å²) in [5.74, 6) is 2.43. The van der Waals surface area contributed by atoms with E-state index in [9.17, 15) is 9.18 Å². The standard InChI is InChI=1S/C30H28FN3O6/c1-18(19-2-4-20(31)5-3-19)33-30(35)34-21-6-8-22(9-7-21)39-25-10-12-32-24-16-26(40-23-11-13-36-17-23)28-29(27(24)25)38-15-14-37-28/h2-10,12,16,18,23H,11,13-15,17H2,1H3,(H2,33,34,35)/t18-,23?/m0/s1. The van der Waals surface area contributed by atoms with Gasteiger partial charge in [-0.15, -0.1) is 0 Å². The highest BCUT2D eigenvalue weighted by Gasteiger charge is 2.27. The van der Waals surface area contributed by atoms with E-state index in [2.05, 4.69) is 15.6 Å². The van der Waals surface area contributed by atoms with Crippen molar-refractivity contribution in [3.63, 3.8) is 0 Å². The summed E-state index contributed by atoms with van der Waals surface area (Å²) in [4.78, 5) is 17.0. The Bertz CT molecular complexity index is 1510. The highest BCUT2D eigenvalue weighted by molar-refractivity contribution is 5.95. The lowest BCUT2D eigenvalue weighted by atomic mass is 10.1. The summed E-state index contributed by atoms with van der Waals surface area (Å²) in [5, 5.41) is 6.33. The molecule has 3 heterocycles. The Hall–Kier alpha value is -4.57. The number of fused-ring (bicyclic) bond motifs is 3. The molecule has 1 fully saturated rings. The van der Waals surface area contributed by atoms with Gasteiger partial charge in [0.1, 0.15) is 36.6 Å². The first-order chi connectivity index (χ1) is 19.5. The first kappa shape index (κ1) is 25.7. The topological polar surface area (TPSA) is 100 Å². The molecule has 0 bridgehead atoms. The van der Waals surface area contributed by atoms with Gasteiger partial charge in [0.2, 0.25) is 5.75 Å². The lowest BCUT2D eigenvalue weighted by Gasteiger charge is -2.24. The van der Waals surface area contributed by atoms with Gasteiger partial charge in [-0.1, -0.05) is 12.1 Å². The van der Waals surface area contributed by atoms with Crippen LogP contribution in [-0.2, 0) is 4.74 Å². The van der Waals surface area contributed by atoms with Crippen LogP contribution in [0.1, 0.15) is 24.9 Å². The Labute approximate surface area is 230 Å². The van der Waals surface area contributed by atoms with Crippen LogP contribution in [0.3, 0.4) is 0 Å². The summed E-state index contributed by atoms with van der Waals surface area (Å²) in [6.45, 7) is 3.84. The van der Waals surface area contributed by atoms with Gasteiger partial charge in [-0.05, 0) is 55.0 Å². The molecule has 2 N–H and O–H groups in total. The summed E-state index contributed by atoms with van der Waals surface area (Å²) >= 11 is 0. The third kappa shape index (κ3) is 5.57. The van der Waals surface area contributed by atoms with Crippen LogP contribution in [0.4, 0.5) is 14.9 Å². The normalized spacial score (nSPS) is 16.8. The molecule has 1 saturated heterocycles. The number of anilines is 1. The molecular formula is C30H28FN3O6. The molecule has 0 aliphatic carbocycles. The van der Waals surface area contributed by atoms with Crippen molar-refractivity contribution in [1.82, 2.24) is 10.3 Å². The van der Waals surface area contributed by atoms with Gasteiger partial charge in [0.15, 0.2) is 11.5 Å². The van der Waals surface area contributed by atoms with Crippen LogP contribution < -0.4 is 29.6 Å². The van der Waals surface area contributed by atoms with E-state index in [0.29, 0.717) is 71.8 Å². The second-order valence-corrected chi connectivity index (χ2v) is 9.53. The fourth-order valence-corrected chi connectivity index (χ4v) is 4.66. The highest BCUT2D eigenvalue weighted by Crippen LogP contribution is 2.48. The van der Waals surface area contributed by atoms with Crippen molar-refractivity contribution in [2.45, 2.75) is 25.5 Å². The number of urea groups is 1. The summed E-state index contributed by atoms with van der Waals surface area (Å²) in [7, 11) is 0. The second kappa shape index (κ2) is 11.3. The number of carbonyl (C=O) groups excluding carboxylic acids is 1. The van der Waals surface area contributed by atoms with Crippen LogP contribution >= 0.6 is 0 Å². The maximum absolute atomic E-state index is 13.2. The minimum absolute atomic E-state index is 0.0492. The number of rotatable bonds is 7. The molecule has 2 amide bonds. The van der Waals surface area contributed by atoms with Crippen LogP contribution in [0, 0.1) is 5.82 Å². The Morgan fingerprint density at radius 1 is 1.00 bits per heavy atom. The number of nitrogens with one attached hydrogen (secondary N) is 2. The van der Waals surface area contributed by atoms with Crippen LogP contribution in [0.5, 0.6) is 28.7 Å². The zero-order chi connectivity index (χ0) is 27.5. The fourth-order valence-electron chi connectivity index (χ4n) is 4.66. The Morgan fingerprint density at radius 3 is 2.52 bits per heavy atom. The van der Waals surface area contributed by atoms with Crippen molar-refractivity contribution < 1.29 is 32.9 Å². The number of benzene rings is 3. The number of pyridine rings is 1. The molecule has 0 radical (unpaired) electrons. The molecule has 0 spiro atoms. The predicted molar refractivity (Wildman–Crippen MR) is 146 cm³/mol. The maximum Gasteiger partial charge on any atom is 0.319 e. The molecular weight excluding hydrogens is 517 g/mol. The molecule has 10 heteroatoms. The van der Waals surface area contributed by atoms with Crippen LogP contribution in [0.15, 0.2) is 66.9 Å². The van der Waals surface area contributed by atoms with Gasteiger partial charge in [0, 0.05) is 24.4 Å². The van der Waals surface area contributed by atoms with Gasteiger partial charge in [-0.25, -0.2) is 9.18 Å². The average Bonchev–Trinajstić information content (AvgIpc) is 3.48. The molecule has 6 rings (SSSR count). The first-order valence-electron chi connectivity index (χ1n) is 13.1. The fraction of sp³-hybridized carbons (Fsp3) is 0.267. The molecule has 3 aromatic carbocycles. The molecule has 0 saturated carbocycles. The van der Waals surface area contributed by atoms with Gasteiger partial charge in [0.05, 0.1) is 30.2 Å². The maximum atomic E-state index is 13.2. The third-order valence-electron chi connectivity index (χ3n) is 6.68. The van der Waals surface area contributed by atoms with E-state index >= 15 is 0 Å². The van der Waals surface area contributed by atoms with Gasteiger partial charge in [-0.2, -0.15) is 0 Å². The van der Waals surface area contributed by atoms with E-state index in [1.165, 1.54) is 12.1 Å². The average molecular weight is 546 g/mol. The van der Waals surface area contributed by atoms with Crippen molar-refractivity contribution in [3.8, 4) is 28.7 Å². The number of nitrogens with zero attached hydrogens (tertiary/aromatic N) is 1. The van der Waals surface area contributed by atoms with Crippen LogP contribution in [-0.4, -0.2) is 43.5 Å². The molecule has 40 heavy (non-hydrogen) atoms. The van der Waals surface area contributed by atoms with Crippen molar-refractivity contribution in [3.05, 3.63) is 78.2 Å². The monoisotopic (exact) mass is 545 g/mol. The minimum atomic E-state index is -0.378.